The summed E-state index contributed by atoms with van der Waals surface area (Å²) in [6.45, 7) is 4.45. The van der Waals surface area contributed by atoms with Crippen molar-refractivity contribution in [2.45, 2.75) is 38.9 Å². The number of anilines is 3. The molecule has 0 aliphatic carbocycles. The van der Waals surface area contributed by atoms with Gasteiger partial charge in [0.2, 0.25) is 0 Å². The van der Waals surface area contributed by atoms with Gasteiger partial charge in [-0.3, -0.25) is 4.98 Å². The molecule has 2 aliphatic rings. The third kappa shape index (κ3) is 3.61. The van der Waals surface area contributed by atoms with E-state index in [0.717, 1.165) is 55.5 Å². The number of piperidine rings is 1. The Hall–Kier alpha value is -3.04. The number of hydrogen-bond acceptors (Lipinski definition) is 8. The van der Waals surface area contributed by atoms with Crippen molar-refractivity contribution in [1.82, 2.24) is 19.5 Å². The predicted octanol–water partition coefficient (Wildman–Crippen LogP) is 2.99. The molecule has 0 amide bonds. The number of aromatic nitrogens is 4. The molecule has 2 saturated heterocycles. The Bertz CT molecular complexity index is 1150. The van der Waals surface area contributed by atoms with Gasteiger partial charge in [-0.05, 0) is 37.7 Å². The van der Waals surface area contributed by atoms with E-state index in [4.69, 9.17) is 15.1 Å². The largest absolute Gasteiger partial charge is 0.390 e. The van der Waals surface area contributed by atoms with Crippen molar-refractivity contribution < 1.29 is 9.84 Å². The summed E-state index contributed by atoms with van der Waals surface area (Å²) in [5.74, 6) is 1.13. The van der Waals surface area contributed by atoms with E-state index in [0.29, 0.717) is 29.1 Å². The molecule has 5 rings (SSSR count). The fourth-order valence-electron chi connectivity index (χ4n) is 5.07. The smallest absolute Gasteiger partial charge is 0.158 e. The Balaban J connectivity index is 1.43. The summed E-state index contributed by atoms with van der Waals surface area (Å²) in [6, 6.07) is 1.94. The van der Waals surface area contributed by atoms with Crippen molar-refractivity contribution in [1.29, 1.82) is 5.41 Å². The van der Waals surface area contributed by atoms with Gasteiger partial charge in [-0.25, -0.2) is 9.97 Å². The van der Waals surface area contributed by atoms with Crippen LogP contribution in [0.2, 0.25) is 0 Å². The summed E-state index contributed by atoms with van der Waals surface area (Å²) in [4.78, 5) is 15.8. The number of fused-ring (bicyclic) bond motifs is 1. The molecule has 0 radical (unpaired) electrons. The first kappa shape index (κ1) is 20.8. The van der Waals surface area contributed by atoms with Crippen molar-refractivity contribution in [2.75, 3.05) is 29.9 Å². The quantitative estimate of drug-likeness (QED) is 0.528. The first-order chi connectivity index (χ1) is 15.5. The van der Waals surface area contributed by atoms with E-state index in [-0.39, 0.29) is 12.0 Å². The number of aliphatic hydroxyl groups excluding tert-OH is 1. The number of aliphatic hydroxyl groups is 1. The van der Waals surface area contributed by atoms with Gasteiger partial charge >= 0.3 is 0 Å². The van der Waals surface area contributed by atoms with Crippen LogP contribution in [-0.4, -0.2) is 56.6 Å². The van der Waals surface area contributed by atoms with Crippen molar-refractivity contribution >= 4 is 34.4 Å². The van der Waals surface area contributed by atoms with Gasteiger partial charge < -0.3 is 30.0 Å². The standard InChI is InChI=1S/C23H29N7O2/c1-15-9-23(14-32-15)4-7-30(8-5-23)22-19(13-31)27-21(17(10-24)28-22)26-18-12-29(2)20-11-25-6-3-16(18)20/h3,6,10-12,15,24,31H,4-5,7-9,13-14H2,1-2H3,(H,26,27)/t15-/m0/s1. The number of pyridine rings is 1. The molecule has 3 N–H and O–H groups in total. The zero-order valence-electron chi connectivity index (χ0n) is 18.5. The summed E-state index contributed by atoms with van der Waals surface area (Å²) in [7, 11) is 1.96. The Kier molecular flexibility index (Phi) is 5.30. The van der Waals surface area contributed by atoms with Crippen molar-refractivity contribution in [2.24, 2.45) is 12.5 Å². The topological polar surface area (TPSA) is 112 Å². The van der Waals surface area contributed by atoms with Gasteiger partial charge in [-0.2, -0.15) is 0 Å². The van der Waals surface area contributed by atoms with E-state index in [2.05, 4.69) is 27.1 Å². The van der Waals surface area contributed by atoms with Gasteiger partial charge in [0.1, 0.15) is 11.4 Å². The summed E-state index contributed by atoms with van der Waals surface area (Å²) in [5.41, 5.74) is 3.08. The van der Waals surface area contributed by atoms with Crippen LogP contribution in [0, 0.1) is 10.8 Å². The van der Waals surface area contributed by atoms with Crippen LogP contribution in [-0.2, 0) is 18.4 Å². The fourth-order valence-corrected chi connectivity index (χ4v) is 5.07. The highest BCUT2D eigenvalue weighted by molar-refractivity contribution is 5.95. The predicted molar refractivity (Wildman–Crippen MR) is 124 cm³/mol. The van der Waals surface area contributed by atoms with E-state index < -0.39 is 0 Å². The Labute approximate surface area is 187 Å². The summed E-state index contributed by atoms with van der Waals surface area (Å²) in [5, 5.41) is 22.3. The molecule has 168 valence electrons. The number of ether oxygens (including phenoxy) is 1. The lowest BCUT2D eigenvalue weighted by molar-refractivity contribution is 0.0975. The first-order valence-electron chi connectivity index (χ1n) is 11.1. The van der Waals surface area contributed by atoms with Crippen molar-refractivity contribution in [3.8, 4) is 0 Å². The molecule has 2 fully saturated rings. The van der Waals surface area contributed by atoms with E-state index in [1.165, 1.54) is 6.21 Å². The average molecular weight is 436 g/mol. The lowest BCUT2D eigenvalue weighted by atomic mass is 9.77. The van der Waals surface area contributed by atoms with Crippen LogP contribution in [0.3, 0.4) is 0 Å². The molecule has 0 bridgehead atoms. The van der Waals surface area contributed by atoms with Gasteiger partial charge in [0, 0.05) is 44.1 Å². The van der Waals surface area contributed by atoms with E-state index in [1.54, 1.807) is 6.20 Å². The minimum Gasteiger partial charge on any atom is -0.390 e. The first-order valence-corrected chi connectivity index (χ1v) is 11.1. The van der Waals surface area contributed by atoms with Crippen LogP contribution in [0.4, 0.5) is 17.3 Å². The Morgan fingerprint density at radius 1 is 1.34 bits per heavy atom. The van der Waals surface area contributed by atoms with Crippen molar-refractivity contribution in [3.63, 3.8) is 0 Å². The third-order valence-corrected chi connectivity index (χ3v) is 6.82. The number of rotatable bonds is 5. The fraction of sp³-hybridized carbons (Fsp3) is 0.478. The average Bonchev–Trinajstić information content (AvgIpc) is 3.33. The molecule has 0 unspecified atom stereocenters. The van der Waals surface area contributed by atoms with Gasteiger partial charge in [0.05, 0.1) is 36.7 Å². The summed E-state index contributed by atoms with van der Waals surface area (Å²) in [6.07, 6.45) is 10.2. The highest BCUT2D eigenvalue weighted by Crippen LogP contribution is 2.42. The zero-order chi connectivity index (χ0) is 22.3. The monoisotopic (exact) mass is 435 g/mol. The molecule has 3 aromatic rings. The minimum absolute atomic E-state index is 0.212. The lowest BCUT2D eigenvalue weighted by Gasteiger charge is -2.39. The molecule has 0 saturated carbocycles. The van der Waals surface area contributed by atoms with Crippen LogP contribution >= 0.6 is 0 Å². The minimum atomic E-state index is -0.212. The van der Waals surface area contributed by atoms with Crippen LogP contribution in [0.5, 0.6) is 0 Å². The molecule has 2 aliphatic heterocycles. The van der Waals surface area contributed by atoms with Crippen LogP contribution in [0.15, 0.2) is 24.7 Å². The normalized spacial score (nSPS) is 20.2. The maximum Gasteiger partial charge on any atom is 0.158 e. The second-order valence-electron chi connectivity index (χ2n) is 9.01. The molecule has 9 nitrogen and oxygen atoms in total. The van der Waals surface area contributed by atoms with E-state index in [1.807, 2.05) is 30.1 Å². The molecule has 9 heteroatoms. The van der Waals surface area contributed by atoms with Crippen LogP contribution in [0.25, 0.3) is 10.9 Å². The molecule has 1 spiro atoms. The van der Waals surface area contributed by atoms with Gasteiger partial charge in [-0.15, -0.1) is 0 Å². The number of aryl methyl sites for hydroxylation is 1. The molecule has 1 atom stereocenters. The SMILES string of the molecule is C[C@H]1CC2(CCN(c3nc(C=N)c(Nc4cn(C)c5cnccc45)nc3CO)CC2)CO1. The highest BCUT2D eigenvalue weighted by atomic mass is 16.5. The van der Waals surface area contributed by atoms with Crippen molar-refractivity contribution in [3.05, 3.63) is 36.0 Å². The van der Waals surface area contributed by atoms with E-state index >= 15 is 0 Å². The second-order valence-corrected chi connectivity index (χ2v) is 9.01. The zero-order valence-corrected chi connectivity index (χ0v) is 18.5. The molecule has 5 heterocycles. The maximum absolute atomic E-state index is 10.1. The summed E-state index contributed by atoms with van der Waals surface area (Å²) < 4.78 is 7.83. The molecular formula is C23H29N7O2. The van der Waals surface area contributed by atoms with Gasteiger partial charge in [-0.1, -0.05) is 0 Å². The molecular weight excluding hydrogens is 406 g/mol. The van der Waals surface area contributed by atoms with E-state index in [9.17, 15) is 5.11 Å². The second kappa shape index (κ2) is 8.14. The van der Waals surface area contributed by atoms with Gasteiger partial charge in [0.15, 0.2) is 11.6 Å². The molecule has 0 aromatic carbocycles. The molecule has 32 heavy (non-hydrogen) atoms. The van der Waals surface area contributed by atoms with Crippen LogP contribution in [0.1, 0.15) is 37.6 Å². The van der Waals surface area contributed by atoms with Crippen LogP contribution < -0.4 is 10.2 Å². The lowest BCUT2D eigenvalue weighted by Crippen LogP contribution is -2.41. The Morgan fingerprint density at radius 2 is 2.16 bits per heavy atom. The number of nitrogens with zero attached hydrogens (tertiary/aromatic N) is 5. The maximum atomic E-state index is 10.1. The number of hydrogen-bond donors (Lipinski definition) is 3. The molecule has 3 aromatic heterocycles. The van der Waals surface area contributed by atoms with Gasteiger partial charge in [0.25, 0.3) is 0 Å². The summed E-state index contributed by atoms with van der Waals surface area (Å²) >= 11 is 0. The third-order valence-electron chi connectivity index (χ3n) is 6.82. The Morgan fingerprint density at radius 3 is 2.84 bits per heavy atom. The highest BCUT2D eigenvalue weighted by Gasteiger charge is 2.41. The number of nitrogens with one attached hydrogen (secondary N) is 2.